The maximum absolute atomic E-state index is 12.8. The maximum Gasteiger partial charge on any atom is 0.417 e. The molecule has 1 aromatic heterocycles. The number of nitrogen functional groups attached to an aromatic ring is 1. The van der Waals surface area contributed by atoms with Crippen molar-refractivity contribution in [1.29, 1.82) is 0 Å². The molecular weight excluding hydrogens is 359 g/mol. The average molecular weight is 374 g/mol. The summed E-state index contributed by atoms with van der Waals surface area (Å²) in [6.07, 6.45) is -3.12. The minimum absolute atomic E-state index is 0.0301. The van der Waals surface area contributed by atoms with Gasteiger partial charge >= 0.3 is 12.1 Å². The number of benzene rings is 1. The third-order valence-corrected chi connectivity index (χ3v) is 3.49. The molecule has 25 heavy (non-hydrogen) atoms. The van der Waals surface area contributed by atoms with Gasteiger partial charge in [0.05, 0.1) is 52.6 Å². The molecule has 1 aromatic carbocycles. The van der Waals surface area contributed by atoms with Crippen LogP contribution in [0, 0.1) is 0 Å². The van der Waals surface area contributed by atoms with Crippen LogP contribution in [-0.2, 0) is 22.1 Å². The number of halogens is 4. The fourth-order valence-electron chi connectivity index (χ4n) is 2.03. The van der Waals surface area contributed by atoms with Crippen LogP contribution in [0.25, 0.3) is 0 Å². The molecule has 0 saturated heterocycles. The SMILES string of the molecule is CCOC(=O)Cc1ccc(Nc2cc(Cl)c(C(F)(F)F)cc2N)cn1. The van der Waals surface area contributed by atoms with E-state index >= 15 is 0 Å². The zero-order valence-corrected chi connectivity index (χ0v) is 13.9. The van der Waals surface area contributed by atoms with Gasteiger partial charge in [0.25, 0.3) is 0 Å². The highest BCUT2D eigenvalue weighted by molar-refractivity contribution is 6.32. The molecule has 2 rings (SSSR count). The number of carbonyl (C=O) groups excluding carboxylic acids is 1. The summed E-state index contributed by atoms with van der Waals surface area (Å²) in [5.74, 6) is -0.394. The Kier molecular flexibility index (Phi) is 5.73. The highest BCUT2D eigenvalue weighted by atomic mass is 35.5. The number of alkyl halides is 3. The molecule has 9 heteroatoms. The molecule has 0 amide bonds. The van der Waals surface area contributed by atoms with Crippen molar-refractivity contribution in [3.05, 3.63) is 46.7 Å². The van der Waals surface area contributed by atoms with Gasteiger partial charge in [-0.2, -0.15) is 13.2 Å². The Morgan fingerprint density at radius 1 is 1.36 bits per heavy atom. The van der Waals surface area contributed by atoms with Crippen LogP contribution in [0.3, 0.4) is 0 Å². The molecule has 0 atom stereocenters. The van der Waals surface area contributed by atoms with Gasteiger partial charge in [-0.15, -0.1) is 0 Å². The van der Waals surface area contributed by atoms with Gasteiger partial charge in [0, 0.05) is 0 Å². The van der Waals surface area contributed by atoms with E-state index in [1.807, 2.05) is 0 Å². The number of rotatable bonds is 5. The molecule has 0 unspecified atom stereocenters. The summed E-state index contributed by atoms with van der Waals surface area (Å²) in [6, 6.07) is 5.09. The number of nitrogens with two attached hydrogens (primary N) is 1. The van der Waals surface area contributed by atoms with Crippen LogP contribution in [0.5, 0.6) is 0 Å². The molecule has 0 radical (unpaired) electrons. The molecule has 3 N–H and O–H groups in total. The molecule has 0 saturated carbocycles. The number of pyridine rings is 1. The van der Waals surface area contributed by atoms with Gasteiger partial charge in [0.1, 0.15) is 0 Å². The van der Waals surface area contributed by atoms with Crippen molar-refractivity contribution < 1.29 is 22.7 Å². The van der Waals surface area contributed by atoms with Crippen molar-refractivity contribution in [3.63, 3.8) is 0 Å². The lowest BCUT2D eigenvalue weighted by molar-refractivity contribution is -0.142. The van der Waals surface area contributed by atoms with Crippen molar-refractivity contribution in [2.45, 2.75) is 19.5 Å². The first-order valence-corrected chi connectivity index (χ1v) is 7.62. The van der Waals surface area contributed by atoms with Gasteiger partial charge < -0.3 is 15.8 Å². The van der Waals surface area contributed by atoms with Gasteiger partial charge in [0.15, 0.2) is 0 Å². The lowest BCUT2D eigenvalue weighted by Crippen LogP contribution is -2.09. The minimum Gasteiger partial charge on any atom is -0.466 e. The van der Waals surface area contributed by atoms with Crippen molar-refractivity contribution in [1.82, 2.24) is 4.98 Å². The fourth-order valence-corrected chi connectivity index (χ4v) is 2.30. The van der Waals surface area contributed by atoms with E-state index in [1.54, 1.807) is 19.1 Å². The predicted octanol–water partition coefficient (Wildman–Crippen LogP) is 4.19. The van der Waals surface area contributed by atoms with Crippen molar-refractivity contribution >= 4 is 34.6 Å². The number of hydrogen-bond acceptors (Lipinski definition) is 5. The van der Waals surface area contributed by atoms with E-state index in [9.17, 15) is 18.0 Å². The summed E-state index contributed by atoms with van der Waals surface area (Å²) >= 11 is 5.68. The van der Waals surface area contributed by atoms with Gasteiger partial charge in [0.2, 0.25) is 0 Å². The predicted molar refractivity (Wildman–Crippen MR) is 88.7 cm³/mol. The first-order chi connectivity index (χ1) is 11.7. The standard InChI is InChI=1S/C16H15ClF3N3O2/c1-2-25-15(24)5-9-3-4-10(8-22-9)23-14-7-12(17)11(6-13(14)21)16(18,19)20/h3-4,6-8,23H,2,5,21H2,1H3. The zero-order chi connectivity index (χ0) is 18.6. The molecule has 5 nitrogen and oxygen atoms in total. The van der Waals surface area contributed by atoms with E-state index in [0.717, 1.165) is 12.1 Å². The number of ether oxygens (including phenoxy) is 1. The molecule has 134 valence electrons. The highest BCUT2D eigenvalue weighted by Crippen LogP contribution is 2.39. The Morgan fingerprint density at radius 2 is 2.08 bits per heavy atom. The molecule has 0 spiro atoms. The summed E-state index contributed by atoms with van der Waals surface area (Å²) in [5, 5.41) is 2.38. The van der Waals surface area contributed by atoms with Crippen molar-refractivity contribution in [3.8, 4) is 0 Å². The molecule has 0 aliphatic rings. The van der Waals surface area contributed by atoms with E-state index in [1.165, 1.54) is 6.20 Å². The highest BCUT2D eigenvalue weighted by Gasteiger charge is 2.33. The third kappa shape index (κ3) is 4.99. The largest absolute Gasteiger partial charge is 0.466 e. The van der Waals surface area contributed by atoms with Gasteiger partial charge in [-0.05, 0) is 31.2 Å². The number of anilines is 3. The van der Waals surface area contributed by atoms with Gasteiger partial charge in [-0.25, -0.2) is 0 Å². The normalized spacial score (nSPS) is 11.2. The monoisotopic (exact) mass is 373 g/mol. The summed E-state index contributed by atoms with van der Waals surface area (Å²) in [5.41, 5.74) is 5.76. The van der Waals surface area contributed by atoms with Crippen LogP contribution in [0.2, 0.25) is 5.02 Å². The molecule has 1 heterocycles. The Morgan fingerprint density at radius 3 is 2.64 bits per heavy atom. The number of nitrogens with one attached hydrogen (secondary N) is 1. The van der Waals surface area contributed by atoms with Gasteiger partial charge in [-0.1, -0.05) is 11.6 Å². The Hall–Kier alpha value is -2.48. The molecule has 2 aromatic rings. The first-order valence-electron chi connectivity index (χ1n) is 7.24. The van der Waals surface area contributed by atoms with E-state index in [0.29, 0.717) is 11.4 Å². The Labute approximate surface area is 146 Å². The van der Waals surface area contributed by atoms with Crippen LogP contribution in [0.1, 0.15) is 18.2 Å². The second-order valence-corrected chi connectivity index (χ2v) is 5.47. The second kappa shape index (κ2) is 7.60. The second-order valence-electron chi connectivity index (χ2n) is 5.06. The summed E-state index contributed by atoms with van der Waals surface area (Å²) in [6.45, 7) is 1.99. The number of carbonyl (C=O) groups is 1. The van der Waals surface area contributed by atoms with Crippen LogP contribution in [-0.4, -0.2) is 17.6 Å². The van der Waals surface area contributed by atoms with E-state index in [-0.39, 0.29) is 24.4 Å². The topological polar surface area (TPSA) is 77.2 Å². The lowest BCUT2D eigenvalue weighted by atomic mass is 10.1. The lowest BCUT2D eigenvalue weighted by Gasteiger charge is -2.14. The Balaban J connectivity index is 2.15. The quantitative estimate of drug-likeness (QED) is 0.607. The number of nitrogens with zero attached hydrogens (tertiary/aromatic N) is 1. The molecule has 0 aliphatic carbocycles. The summed E-state index contributed by atoms with van der Waals surface area (Å²) in [7, 11) is 0. The van der Waals surface area contributed by atoms with Gasteiger partial charge in [-0.3, -0.25) is 9.78 Å². The van der Waals surface area contributed by atoms with E-state index < -0.39 is 22.7 Å². The Bertz CT molecular complexity index is 764. The number of esters is 1. The summed E-state index contributed by atoms with van der Waals surface area (Å²) in [4.78, 5) is 15.5. The van der Waals surface area contributed by atoms with Crippen molar-refractivity contribution in [2.75, 3.05) is 17.7 Å². The number of hydrogen-bond donors (Lipinski definition) is 2. The average Bonchev–Trinajstić information content (AvgIpc) is 2.51. The molecule has 0 fully saturated rings. The summed E-state index contributed by atoms with van der Waals surface area (Å²) < 4.78 is 43.2. The molecule has 0 bridgehead atoms. The third-order valence-electron chi connectivity index (χ3n) is 3.18. The minimum atomic E-state index is -4.58. The smallest absolute Gasteiger partial charge is 0.417 e. The first kappa shape index (κ1) is 18.9. The van der Waals surface area contributed by atoms with Crippen LogP contribution < -0.4 is 11.1 Å². The van der Waals surface area contributed by atoms with Crippen molar-refractivity contribution in [2.24, 2.45) is 0 Å². The van der Waals surface area contributed by atoms with Crippen LogP contribution in [0.4, 0.5) is 30.2 Å². The van der Waals surface area contributed by atoms with Crippen LogP contribution >= 0.6 is 11.6 Å². The van der Waals surface area contributed by atoms with E-state index in [2.05, 4.69) is 10.3 Å². The zero-order valence-electron chi connectivity index (χ0n) is 13.2. The molecule has 0 aliphatic heterocycles. The number of aromatic nitrogens is 1. The van der Waals surface area contributed by atoms with Crippen LogP contribution in [0.15, 0.2) is 30.5 Å². The fraction of sp³-hybridized carbons (Fsp3) is 0.250. The van der Waals surface area contributed by atoms with E-state index in [4.69, 9.17) is 22.1 Å². The maximum atomic E-state index is 12.8. The molecular formula is C16H15ClF3N3O2.